The number of carbonyl (C=O) groups is 1. The first-order valence-electron chi connectivity index (χ1n) is 7.45. The first-order valence-corrected chi connectivity index (χ1v) is 7.45. The van der Waals surface area contributed by atoms with Crippen molar-refractivity contribution in [3.05, 3.63) is 24.3 Å². The van der Waals surface area contributed by atoms with Crippen LogP contribution < -0.4 is 5.32 Å². The van der Waals surface area contributed by atoms with Crippen molar-refractivity contribution in [1.82, 2.24) is 9.88 Å². The predicted molar refractivity (Wildman–Crippen MR) is 82.2 cm³/mol. The number of carboxylic acid groups (broad SMARTS) is 1. The number of nitrogens with zero attached hydrogens (tertiary/aromatic N) is 2. The Morgan fingerprint density at radius 1 is 1.55 bits per heavy atom. The highest BCUT2D eigenvalue weighted by Crippen LogP contribution is 2.16. The smallest absolute Gasteiger partial charge is 0.290 e. The van der Waals surface area contributed by atoms with Crippen LogP contribution in [0.15, 0.2) is 18.5 Å². The minimum absolute atomic E-state index is 0.250. The number of piperidine rings is 1. The van der Waals surface area contributed by atoms with Crippen LogP contribution in [0.5, 0.6) is 0 Å². The molecular weight excluding hydrogens is 289 g/mol. The Hall–Kier alpha value is -1.73. The van der Waals surface area contributed by atoms with Crippen molar-refractivity contribution >= 4 is 12.2 Å². The van der Waals surface area contributed by atoms with Gasteiger partial charge in [-0.1, -0.05) is 0 Å². The van der Waals surface area contributed by atoms with E-state index in [0.717, 1.165) is 45.4 Å². The van der Waals surface area contributed by atoms with E-state index in [2.05, 4.69) is 15.2 Å². The van der Waals surface area contributed by atoms with Gasteiger partial charge in [-0.25, -0.2) is 4.39 Å². The van der Waals surface area contributed by atoms with Crippen LogP contribution in [0.4, 0.5) is 10.1 Å². The first-order chi connectivity index (χ1) is 10.7. The Morgan fingerprint density at radius 3 is 3.00 bits per heavy atom. The van der Waals surface area contributed by atoms with E-state index in [9.17, 15) is 9.50 Å². The highest BCUT2D eigenvalue weighted by Gasteiger charge is 2.18. The summed E-state index contributed by atoms with van der Waals surface area (Å²) in [5, 5.41) is 19.1. The SMILES string of the molecule is O=CO.OCC1CCCN(CCCNc2ccncc2F)C1. The minimum Gasteiger partial charge on any atom is -0.483 e. The summed E-state index contributed by atoms with van der Waals surface area (Å²) < 4.78 is 13.3. The summed E-state index contributed by atoms with van der Waals surface area (Å²) in [6.45, 7) is 3.88. The van der Waals surface area contributed by atoms with E-state index >= 15 is 0 Å². The van der Waals surface area contributed by atoms with E-state index < -0.39 is 0 Å². The monoisotopic (exact) mass is 313 g/mol. The van der Waals surface area contributed by atoms with Gasteiger partial charge in [-0.2, -0.15) is 0 Å². The van der Waals surface area contributed by atoms with Crippen LogP contribution in [0.3, 0.4) is 0 Å². The molecule has 3 N–H and O–H groups in total. The molecule has 22 heavy (non-hydrogen) atoms. The molecule has 0 radical (unpaired) electrons. The molecule has 0 bridgehead atoms. The Balaban J connectivity index is 0.000000745. The summed E-state index contributed by atoms with van der Waals surface area (Å²) >= 11 is 0. The molecule has 0 spiro atoms. The number of hydrogen-bond acceptors (Lipinski definition) is 5. The zero-order chi connectivity index (χ0) is 16.2. The minimum atomic E-state index is -0.305. The van der Waals surface area contributed by atoms with Crippen molar-refractivity contribution in [3.63, 3.8) is 0 Å². The Morgan fingerprint density at radius 2 is 2.32 bits per heavy atom. The third kappa shape index (κ3) is 6.82. The molecule has 1 saturated heterocycles. The maximum atomic E-state index is 13.3. The van der Waals surface area contributed by atoms with Gasteiger partial charge in [0.2, 0.25) is 0 Å². The van der Waals surface area contributed by atoms with Gasteiger partial charge in [0.15, 0.2) is 5.82 Å². The summed E-state index contributed by atoms with van der Waals surface area (Å²) in [7, 11) is 0. The van der Waals surface area contributed by atoms with Crippen molar-refractivity contribution in [2.24, 2.45) is 5.92 Å². The molecule has 1 aromatic heterocycles. The van der Waals surface area contributed by atoms with Crippen LogP contribution in [-0.2, 0) is 4.79 Å². The lowest BCUT2D eigenvalue weighted by atomic mass is 9.99. The van der Waals surface area contributed by atoms with Gasteiger partial charge in [-0.3, -0.25) is 9.78 Å². The largest absolute Gasteiger partial charge is 0.483 e. The van der Waals surface area contributed by atoms with E-state index in [1.807, 2.05) is 0 Å². The molecule has 2 heterocycles. The molecule has 0 aliphatic carbocycles. The molecule has 124 valence electrons. The average Bonchev–Trinajstić information content (AvgIpc) is 2.54. The maximum absolute atomic E-state index is 13.3. The van der Waals surface area contributed by atoms with E-state index in [1.165, 1.54) is 6.20 Å². The van der Waals surface area contributed by atoms with Gasteiger partial charge in [0.1, 0.15) is 0 Å². The number of nitrogens with one attached hydrogen (secondary N) is 1. The van der Waals surface area contributed by atoms with Crippen LogP contribution in [0, 0.1) is 11.7 Å². The van der Waals surface area contributed by atoms with Crippen molar-refractivity contribution in [1.29, 1.82) is 0 Å². The highest BCUT2D eigenvalue weighted by atomic mass is 19.1. The van der Waals surface area contributed by atoms with Crippen molar-refractivity contribution < 1.29 is 19.4 Å². The number of aliphatic hydroxyl groups is 1. The second kappa shape index (κ2) is 10.9. The summed E-state index contributed by atoms with van der Waals surface area (Å²) in [5.41, 5.74) is 0.516. The fourth-order valence-electron chi connectivity index (χ4n) is 2.55. The van der Waals surface area contributed by atoms with Gasteiger partial charge in [0.25, 0.3) is 6.47 Å². The number of hydrogen-bond donors (Lipinski definition) is 3. The number of pyridine rings is 1. The van der Waals surface area contributed by atoms with Gasteiger partial charge < -0.3 is 20.4 Å². The zero-order valence-corrected chi connectivity index (χ0v) is 12.6. The third-order valence-electron chi connectivity index (χ3n) is 3.60. The number of likely N-dealkylation sites (tertiary alicyclic amines) is 1. The van der Waals surface area contributed by atoms with Gasteiger partial charge in [-0.15, -0.1) is 0 Å². The molecule has 0 saturated carbocycles. The lowest BCUT2D eigenvalue weighted by Gasteiger charge is -2.31. The van der Waals surface area contributed by atoms with E-state index in [-0.39, 0.29) is 18.9 Å². The lowest BCUT2D eigenvalue weighted by Crippen LogP contribution is -2.37. The molecule has 0 aromatic carbocycles. The summed E-state index contributed by atoms with van der Waals surface area (Å²) in [6, 6.07) is 1.65. The molecule has 6 nitrogen and oxygen atoms in total. The molecule has 1 aliphatic rings. The number of aliphatic hydroxyl groups excluding tert-OH is 1. The fourth-order valence-corrected chi connectivity index (χ4v) is 2.55. The van der Waals surface area contributed by atoms with Crippen molar-refractivity contribution in [2.45, 2.75) is 19.3 Å². The highest BCUT2D eigenvalue weighted by molar-refractivity contribution is 5.42. The fraction of sp³-hybridized carbons (Fsp3) is 0.600. The predicted octanol–water partition coefficient (Wildman–Crippen LogP) is 1.43. The van der Waals surface area contributed by atoms with E-state index in [0.29, 0.717) is 11.6 Å². The molecule has 1 unspecified atom stereocenters. The molecule has 1 aliphatic heterocycles. The molecule has 1 atom stereocenters. The third-order valence-corrected chi connectivity index (χ3v) is 3.60. The maximum Gasteiger partial charge on any atom is 0.290 e. The zero-order valence-electron chi connectivity index (χ0n) is 12.6. The number of aromatic nitrogens is 1. The Bertz CT molecular complexity index is 434. The van der Waals surface area contributed by atoms with Crippen LogP contribution in [-0.4, -0.2) is 59.4 Å². The van der Waals surface area contributed by atoms with Gasteiger partial charge in [0.05, 0.1) is 11.9 Å². The quantitative estimate of drug-likeness (QED) is 0.544. The second-order valence-corrected chi connectivity index (χ2v) is 5.23. The van der Waals surface area contributed by atoms with Gasteiger partial charge in [-0.05, 0) is 44.3 Å². The van der Waals surface area contributed by atoms with Crippen molar-refractivity contribution in [2.75, 3.05) is 38.1 Å². The Labute approximate surface area is 130 Å². The van der Waals surface area contributed by atoms with E-state index in [4.69, 9.17) is 9.90 Å². The van der Waals surface area contributed by atoms with Gasteiger partial charge in [0, 0.05) is 25.9 Å². The van der Waals surface area contributed by atoms with Crippen LogP contribution in [0.2, 0.25) is 0 Å². The average molecular weight is 313 g/mol. The number of anilines is 1. The number of rotatable bonds is 6. The second-order valence-electron chi connectivity index (χ2n) is 5.23. The van der Waals surface area contributed by atoms with E-state index in [1.54, 1.807) is 12.3 Å². The standard InChI is InChI=1S/C14H22FN3O.CH2O2/c15-13-9-16-6-4-14(13)17-5-2-8-18-7-1-3-12(10-18)11-19;2-1-3/h4,6,9,12,19H,1-3,5,7-8,10-11H2,(H,16,17);1H,(H,2,3). The van der Waals surface area contributed by atoms with Gasteiger partial charge >= 0.3 is 0 Å². The normalized spacial score (nSPS) is 18.2. The first kappa shape index (κ1) is 18.3. The lowest BCUT2D eigenvalue weighted by molar-refractivity contribution is -0.122. The summed E-state index contributed by atoms with van der Waals surface area (Å²) in [6.07, 6.45) is 6.08. The molecule has 1 aromatic rings. The van der Waals surface area contributed by atoms with Crippen LogP contribution in [0.1, 0.15) is 19.3 Å². The van der Waals surface area contributed by atoms with Crippen molar-refractivity contribution in [3.8, 4) is 0 Å². The molecule has 1 fully saturated rings. The number of halogens is 1. The molecule has 2 rings (SSSR count). The molecule has 0 amide bonds. The summed E-state index contributed by atoms with van der Waals surface area (Å²) in [4.78, 5) is 14.5. The molecular formula is C15H24FN3O3. The summed E-state index contributed by atoms with van der Waals surface area (Å²) in [5.74, 6) is 0.125. The molecule has 7 heteroatoms. The van der Waals surface area contributed by atoms with Crippen LogP contribution >= 0.6 is 0 Å². The van der Waals surface area contributed by atoms with Crippen LogP contribution in [0.25, 0.3) is 0 Å². The topological polar surface area (TPSA) is 85.7 Å². The Kier molecular flexibility index (Phi) is 9.09.